The average molecular weight is 234 g/mol. The summed E-state index contributed by atoms with van der Waals surface area (Å²) in [6, 6.07) is 8.27. The summed E-state index contributed by atoms with van der Waals surface area (Å²) in [4.78, 5) is 0. The molecule has 0 aliphatic heterocycles. The Labute approximate surface area is 101 Å². The Morgan fingerprint density at radius 2 is 1.94 bits per heavy atom. The number of aliphatic hydroxyl groups excluding tert-OH is 1. The van der Waals surface area contributed by atoms with Crippen molar-refractivity contribution in [1.82, 2.24) is 0 Å². The fourth-order valence-corrected chi connectivity index (χ4v) is 2.95. The fourth-order valence-electron chi connectivity index (χ4n) is 1.95. The van der Waals surface area contributed by atoms with Gasteiger partial charge in [-0.15, -0.1) is 11.3 Å². The molecule has 1 aromatic heterocycles. The number of benzene rings is 1. The molecule has 0 spiro atoms. The number of hydrogen-bond acceptors (Lipinski definition) is 2. The molecule has 1 heterocycles. The fraction of sp³-hybridized carbons (Fsp3) is 0.429. The van der Waals surface area contributed by atoms with Crippen molar-refractivity contribution in [3.63, 3.8) is 0 Å². The third kappa shape index (κ3) is 2.45. The maximum atomic E-state index is 10.2. The van der Waals surface area contributed by atoms with E-state index in [-0.39, 0.29) is 11.5 Å². The molecule has 1 N–H and O–H groups in total. The van der Waals surface area contributed by atoms with Crippen LogP contribution >= 0.6 is 11.3 Å². The lowest BCUT2D eigenvalue weighted by Gasteiger charge is -2.22. The topological polar surface area (TPSA) is 20.2 Å². The van der Waals surface area contributed by atoms with Crippen LogP contribution in [0.1, 0.15) is 38.9 Å². The predicted molar refractivity (Wildman–Crippen MR) is 70.9 cm³/mol. The van der Waals surface area contributed by atoms with Gasteiger partial charge in [0.25, 0.3) is 0 Å². The van der Waals surface area contributed by atoms with Crippen LogP contribution in [0.25, 0.3) is 10.1 Å². The first-order valence-corrected chi connectivity index (χ1v) is 6.49. The summed E-state index contributed by atoms with van der Waals surface area (Å²) < 4.78 is 1.26. The monoisotopic (exact) mass is 234 g/mol. The number of aliphatic hydroxyl groups is 1. The molecule has 0 aliphatic carbocycles. The van der Waals surface area contributed by atoms with Gasteiger partial charge in [0.05, 0.1) is 6.10 Å². The van der Waals surface area contributed by atoms with E-state index in [0.29, 0.717) is 0 Å². The van der Waals surface area contributed by atoms with Crippen LogP contribution < -0.4 is 0 Å². The van der Waals surface area contributed by atoms with Gasteiger partial charge in [0.15, 0.2) is 0 Å². The van der Waals surface area contributed by atoms with Crippen LogP contribution in [-0.2, 0) is 0 Å². The highest BCUT2D eigenvalue weighted by atomic mass is 32.1. The van der Waals surface area contributed by atoms with Gasteiger partial charge in [-0.1, -0.05) is 39.0 Å². The standard InChI is InChI=1S/C14H18OS/c1-14(2,3)8-12(15)11-9-16-13-7-5-4-6-10(11)13/h4-7,9,12,15H,8H2,1-3H3. The van der Waals surface area contributed by atoms with Crippen molar-refractivity contribution in [2.24, 2.45) is 5.41 Å². The molecule has 1 atom stereocenters. The minimum absolute atomic E-state index is 0.155. The van der Waals surface area contributed by atoms with Crippen LogP contribution in [0.2, 0.25) is 0 Å². The Hall–Kier alpha value is -0.860. The van der Waals surface area contributed by atoms with Crippen LogP contribution in [-0.4, -0.2) is 5.11 Å². The van der Waals surface area contributed by atoms with E-state index in [4.69, 9.17) is 0 Å². The van der Waals surface area contributed by atoms with Gasteiger partial charge >= 0.3 is 0 Å². The lowest BCUT2D eigenvalue weighted by molar-refractivity contribution is 0.124. The van der Waals surface area contributed by atoms with E-state index in [0.717, 1.165) is 12.0 Å². The maximum absolute atomic E-state index is 10.2. The first kappa shape index (κ1) is 11.6. The molecule has 2 heteroatoms. The van der Waals surface area contributed by atoms with E-state index >= 15 is 0 Å². The Morgan fingerprint density at radius 3 is 2.62 bits per heavy atom. The average Bonchev–Trinajstić information content (AvgIpc) is 2.58. The second-order valence-electron chi connectivity index (χ2n) is 5.47. The number of hydrogen-bond donors (Lipinski definition) is 1. The van der Waals surface area contributed by atoms with Gasteiger partial charge < -0.3 is 5.11 Å². The first-order chi connectivity index (χ1) is 7.47. The molecular weight excluding hydrogens is 216 g/mol. The summed E-state index contributed by atoms with van der Waals surface area (Å²) in [7, 11) is 0. The molecule has 2 aromatic rings. The minimum Gasteiger partial charge on any atom is -0.388 e. The zero-order valence-electron chi connectivity index (χ0n) is 10.0. The van der Waals surface area contributed by atoms with E-state index < -0.39 is 0 Å². The lowest BCUT2D eigenvalue weighted by Crippen LogP contribution is -2.11. The van der Waals surface area contributed by atoms with Gasteiger partial charge in [0.1, 0.15) is 0 Å². The molecule has 0 amide bonds. The van der Waals surface area contributed by atoms with Gasteiger partial charge in [-0.25, -0.2) is 0 Å². The Balaban J connectivity index is 2.33. The van der Waals surface area contributed by atoms with Gasteiger partial charge in [-0.3, -0.25) is 0 Å². The van der Waals surface area contributed by atoms with Gasteiger partial charge in [0.2, 0.25) is 0 Å². The summed E-state index contributed by atoms with van der Waals surface area (Å²) in [5.74, 6) is 0. The third-order valence-corrected chi connectivity index (χ3v) is 3.66. The first-order valence-electron chi connectivity index (χ1n) is 5.61. The summed E-state index contributed by atoms with van der Waals surface area (Å²) in [5, 5.41) is 13.5. The number of thiophene rings is 1. The van der Waals surface area contributed by atoms with E-state index in [1.54, 1.807) is 11.3 Å². The summed E-state index contributed by atoms with van der Waals surface area (Å²) in [6.07, 6.45) is 0.449. The summed E-state index contributed by atoms with van der Waals surface area (Å²) in [6.45, 7) is 6.47. The smallest absolute Gasteiger partial charge is 0.0809 e. The molecule has 0 aliphatic rings. The van der Waals surface area contributed by atoms with Crippen LogP contribution in [0.3, 0.4) is 0 Å². The lowest BCUT2D eigenvalue weighted by atomic mass is 9.87. The highest BCUT2D eigenvalue weighted by Gasteiger charge is 2.20. The molecule has 0 radical (unpaired) electrons. The van der Waals surface area contributed by atoms with Crippen molar-refractivity contribution in [1.29, 1.82) is 0 Å². The molecule has 2 rings (SSSR count). The van der Waals surface area contributed by atoms with Crippen molar-refractivity contribution in [3.8, 4) is 0 Å². The largest absolute Gasteiger partial charge is 0.388 e. The quantitative estimate of drug-likeness (QED) is 0.818. The minimum atomic E-state index is -0.351. The molecule has 0 saturated heterocycles. The zero-order chi connectivity index (χ0) is 11.8. The van der Waals surface area contributed by atoms with Crippen LogP contribution in [0.4, 0.5) is 0 Å². The van der Waals surface area contributed by atoms with E-state index in [1.807, 2.05) is 12.1 Å². The van der Waals surface area contributed by atoms with Gasteiger partial charge in [0, 0.05) is 4.70 Å². The summed E-state index contributed by atoms with van der Waals surface area (Å²) in [5.41, 5.74) is 1.23. The normalized spacial score (nSPS) is 14.2. The van der Waals surface area contributed by atoms with Crippen LogP contribution in [0.15, 0.2) is 29.6 Å². The maximum Gasteiger partial charge on any atom is 0.0809 e. The Bertz CT molecular complexity index is 479. The molecule has 1 unspecified atom stereocenters. The second kappa shape index (κ2) is 4.19. The van der Waals surface area contributed by atoms with E-state index in [1.165, 1.54) is 10.1 Å². The number of fused-ring (bicyclic) bond motifs is 1. The number of rotatable bonds is 2. The second-order valence-corrected chi connectivity index (χ2v) is 6.38. The van der Waals surface area contributed by atoms with Crippen molar-refractivity contribution >= 4 is 21.4 Å². The zero-order valence-corrected chi connectivity index (χ0v) is 10.8. The van der Waals surface area contributed by atoms with Crippen molar-refractivity contribution in [2.45, 2.75) is 33.3 Å². The van der Waals surface area contributed by atoms with Crippen LogP contribution in [0, 0.1) is 5.41 Å². The van der Waals surface area contributed by atoms with Crippen molar-refractivity contribution in [2.75, 3.05) is 0 Å². The van der Waals surface area contributed by atoms with Gasteiger partial charge in [-0.2, -0.15) is 0 Å². The summed E-state index contributed by atoms with van der Waals surface area (Å²) >= 11 is 1.71. The predicted octanol–water partition coefficient (Wildman–Crippen LogP) is 4.37. The van der Waals surface area contributed by atoms with Crippen molar-refractivity contribution < 1.29 is 5.11 Å². The molecule has 16 heavy (non-hydrogen) atoms. The molecule has 0 saturated carbocycles. The van der Waals surface area contributed by atoms with Crippen LogP contribution in [0.5, 0.6) is 0 Å². The van der Waals surface area contributed by atoms with E-state index in [9.17, 15) is 5.11 Å². The van der Waals surface area contributed by atoms with Crippen molar-refractivity contribution in [3.05, 3.63) is 35.2 Å². The molecule has 0 fully saturated rings. The Morgan fingerprint density at radius 1 is 1.25 bits per heavy atom. The molecule has 86 valence electrons. The molecule has 0 bridgehead atoms. The highest BCUT2D eigenvalue weighted by molar-refractivity contribution is 7.17. The molecule has 1 aromatic carbocycles. The molecule has 1 nitrogen and oxygen atoms in total. The third-order valence-electron chi connectivity index (χ3n) is 2.68. The SMILES string of the molecule is CC(C)(C)CC(O)c1csc2ccccc12. The molecular formula is C14H18OS. The Kier molecular flexibility index (Phi) is 3.04. The highest BCUT2D eigenvalue weighted by Crippen LogP contribution is 2.35. The van der Waals surface area contributed by atoms with E-state index in [2.05, 4.69) is 38.3 Å². The van der Waals surface area contributed by atoms with Gasteiger partial charge in [-0.05, 0) is 34.2 Å².